The molecule has 0 spiro atoms. The number of likely N-dealkylation sites (N-methyl/N-ethyl adjacent to an activating group) is 1. The maximum absolute atomic E-state index is 11.4. The first-order chi connectivity index (χ1) is 9.20. The van der Waals surface area contributed by atoms with Crippen molar-refractivity contribution in [1.29, 1.82) is 0 Å². The standard InChI is InChI=1S/C15H23N3O/c1-16-15(19)13-7-5-12(6-8-13)10-17-11-14-4-3-9-18(14)2/h5-8,14,17H,3-4,9-11H2,1-2H3,(H,16,19)/t14-/m0/s1. The lowest BCUT2D eigenvalue weighted by Gasteiger charge is -2.19. The number of likely N-dealkylation sites (tertiary alicyclic amines) is 1. The van der Waals surface area contributed by atoms with Gasteiger partial charge in [0.1, 0.15) is 0 Å². The number of benzene rings is 1. The zero-order valence-corrected chi connectivity index (χ0v) is 11.8. The largest absolute Gasteiger partial charge is 0.355 e. The van der Waals surface area contributed by atoms with Gasteiger partial charge < -0.3 is 15.5 Å². The normalized spacial score (nSPS) is 19.6. The minimum absolute atomic E-state index is 0.0351. The Morgan fingerprint density at radius 2 is 2.11 bits per heavy atom. The summed E-state index contributed by atoms with van der Waals surface area (Å²) in [6, 6.07) is 8.44. The molecule has 0 aromatic heterocycles. The molecule has 1 aromatic carbocycles. The first kappa shape index (κ1) is 14.0. The molecule has 104 valence electrons. The van der Waals surface area contributed by atoms with E-state index in [1.54, 1.807) is 7.05 Å². The van der Waals surface area contributed by atoms with Gasteiger partial charge in [-0.3, -0.25) is 4.79 Å². The zero-order valence-electron chi connectivity index (χ0n) is 11.8. The van der Waals surface area contributed by atoms with Crippen LogP contribution >= 0.6 is 0 Å². The average Bonchev–Trinajstić information content (AvgIpc) is 2.84. The molecule has 0 bridgehead atoms. The topological polar surface area (TPSA) is 44.4 Å². The van der Waals surface area contributed by atoms with Crippen LogP contribution in [-0.4, -0.2) is 44.0 Å². The van der Waals surface area contributed by atoms with Gasteiger partial charge in [0.2, 0.25) is 0 Å². The highest BCUT2D eigenvalue weighted by Gasteiger charge is 2.19. The third-order valence-electron chi connectivity index (χ3n) is 3.82. The third-order valence-corrected chi connectivity index (χ3v) is 3.82. The summed E-state index contributed by atoms with van der Waals surface area (Å²) in [5.41, 5.74) is 1.93. The van der Waals surface area contributed by atoms with Gasteiger partial charge in [0.05, 0.1) is 0 Å². The summed E-state index contributed by atoms with van der Waals surface area (Å²) in [5.74, 6) is -0.0351. The maximum atomic E-state index is 11.4. The molecule has 1 aliphatic rings. The lowest BCUT2D eigenvalue weighted by atomic mass is 10.1. The van der Waals surface area contributed by atoms with E-state index < -0.39 is 0 Å². The number of rotatable bonds is 5. The minimum Gasteiger partial charge on any atom is -0.355 e. The molecule has 19 heavy (non-hydrogen) atoms. The number of hydrogen-bond donors (Lipinski definition) is 2. The van der Waals surface area contributed by atoms with Crippen LogP contribution < -0.4 is 10.6 Å². The minimum atomic E-state index is -0.0351. The average molecular weight is 261 g/mol. The van der Waals surface area contributed by atoms with Crippen LogP contribution in [0.5, 0.6) is 0 Å². The monoisotopic (exact) mass is 261 g/mol. The van der Waals surface area contributed by atoms with Gasteiger partial charge >= 0.3 is 0 Å². The van der Waals surface area contributed by atoms with E-state index in [1.807, 2.05) is 24.3 Å². The molecule has 2 N–H and O–H groups in total. The predicted octanol–water partition coefficient (Wildman–Crippen LogP) is 1.23. The number of nitrogens with zero attached hydrogens (tertiary/aromatic N) is 1. The SMILES string of the molecule is CNC(=O)c1ccc(CNC[C@@H]2CCCN2C)cc1. The number of nitrogens with one attached hydrogen (secondary N) is 2. The van der Waals surface area contributed by atoms with Gasteiger partial charge in [-0.15, -0.1) is 0 Å². The predicted molar refractivity (Wildman–Crippen MR) is 77.2 cm³/mol. The van der Waals surface area contributed by atoms with Crippen LogP contribution in [0.4, 0.5) is 0 Å². The van der Waals surface area contributed by atoms with E-state index in [4.69, 9.17) is 0 Å². The van der Waals surface area contributed by atoms with E-state index in [0.29, 0.717) is 11.6 Å². The van der Waals surface area contributed by atoms with E-state index in [0.717, 1.165) is 13.1 Å². The highest BCUT2D eigenvalue weighted by atomic mass is 16.1. The van der Waals surface area contributed by atoms with Crippen LogP contribution in [0, 0.1) is 0 Å². The molecular formula is C15H23N3O. The van der Waals surface area contributed by atoms with Crippen molar-refractivity contribution in [1.82, 2.24) is 15.5 Å². The fourth-order valence-corrected chi connectivity index (χ4v) is 2.54. The summed E-state index contributed by atoms with van der Waals surface area (Å²) in [5, 5.41) is 6.12. The first-order valence-corrected chi connectivity index (χ1v) is 6.92. The second-order valence-electron chi connectivity index (χ2n) is 5.18. The Labute approximate surface area is 115 Å². The number of carbonyl (C=O) groups excluding carboxylic acids is 1. The molecule has 4 heteroatoms. The Morgan fingerprint density at radius 1 is 1.37 bits per heavy atom. The summed E-state index contributed by atoms with van der Waals surface area (Å²) in [7, 11) is 3.84. The highest BCUT2D eigenvalue weighted by Crippen LogP contribution is 2.13. The molecule has 1 aromatic rings. The molecule has 1 atom stereocenters. The number of carbonyl (C=O) groups is 1. The van der Waals surface area contributed by atoms with Crippen molar-refractivity contribution in [3.8, 4) is 0 Å². The van der Waals surface area contributed by atoms with Gasteiger partial charge in [0.15, 0.2) is 0 Å². The summed E-state index contributed by atoms with van der Waals surface area (Å²) in [4.78, 5) is 13.8. The smallest absolute Gasteiger partial charge is 0.251 e. The van der Waals surface area contributed by atoms with Gasteiger partial charge in [0, 0.05) is 31.7 Å². The molecule has 0 unspecified atom stereocenters. The van der Waals surface area contributed by atoms with Crippen molar-refractivity contribution in [3.05, 3.63) is 35.4 Å². The molecule has 1 heterocycles. The summed E-state index contributed by atoms with van der Waals surface area (Å²) < 4.78 is 0. The van der Waals surface area contributed by atoms with Crippen LogP contribution in [0.3, 0.4) is 0 Å². The lowest BCUT2D eigenvalue weighted by Crippen LogP contribution is -2.35. The molecule has 0 radical (unpaired) electrons. The third kappa shape index (κ3) is 3.78. The van der Waals surface area contributed by atoms with E-state index in [9.17, 15) is 4.79 Å². The van der Waals surface area contributed by atoms with E-state index in [1.165, 1.54) is 24.9 Å². The summed E-state index contributed by atoms with van der Waals surface area (Å²) in [6.07, 6.45) is 2.60. The molecule has 1 fully saturated rings. The summed E-state index contributed by atoms with van der Waals surface area (Å²) in [6.45, 7) is 3.11. The van der Waals surface area contributed by atoms with Gasteiger partial charge in [-0.1, -0.05) is 12.1 Å². The fourth-order valence-electron chi connectivity index (χ4n) is 2.54. The Bertz CT molecular complexity index is 416. The maximum Gasteiger partial charge on any atom is 0.251 e. The number of hydrogen-bond acceptors (Lipinski definition) is 3. The highest BCUT2D eigenvalue weighted by molar-refractivity contribution is 5.93. The molecular weight excluding hydrogens is 238 g/mol. The molecule has 0 aliphatic carbocycles. The Hall–Kier alpha value is -1.39. The molecule has 4 nitrogen and oxygen atoms in total. The quantitative estimate of drug-likeness (QED) is 0.838. The fraction of sp³-hybridized carbons (Fsp3) is 0.533. The van der Waals surface area contributed by atoms with E-state index in [-0.39, 0.29) is 5.91 Å². The van der Waals surface area contributed by atoms with Crippen molar-refractivity contribution in [2.45, 2.75) is 25.4 Å². The van der Waals surface area contributed by atoms with Crippen LogP contribution in [-0.2, 0) is 6.54 Å². The van der Waals surface area contributed by atoms with Gasteiger partial charge in [-0.25, -0.2) is 0 Å². The van der Waals surface area contributed by atoms with Crippen LogP contribution in [0.25, 0.3) is 0 Å². The van der Waals surface area contributed by atoms with Gasteiger partial charge in [-0.05, 0) is 44.1 Å². The Morgan fingerprint density at radius 3 is 2.68 bits per heavy atom. The molecule has 0 saturated carbocycles. The molecule has 2 rings (SSSR count). The molecule has 1 saturated heterocycles. The second-order valence-corrected chi connectivity index (χ2v) is 5.18. The van der Waals surface area contributed by atoms with Crippen LogP contribution in [0.1, 0.15) is 28.8 Å². The van der Waals surface area contributed by atoms with E-state index in [2.05, 4.69) is 22.6 Å². The van der Waals surface area contributed by atoms with Crippen molar-refractivity contribution in [2.24, 2.45) is 0 Å². The van der Waals surface area contributed by atoms with Crippen molar-refractivity contribution in [3.63, 3.8) is 0 Å². The van der Waals surface area contributed by atoms with Gasteiger partial charge in [0.25, 0.3) is 5.91 Å². The van der Waals surface area contributed by atoms with E-state index >= 15 is 0 Å². The van der Waals surface area contributed by atoms with Crippen molar-refractivity contribution >= 4 is 5.91 Å². The summed E-state index contributed by atoms with van der Waals surface area (Å²) >= 11 is 0. The molecule has 1 aliphatic heterocycles. The lowest BCUT2D eigenvalue weighted by molar-refractivity contribution is 0.0963. The van der Waals surface area contributed by atoms with Gasteiger partial charge in [-0.2, -0.15) is 0 Å². The first-order valence-electron chi connectivity index (χ1n) is 6.92. The Kier molecular flexibility index (Phi) is 4.93. The zero-order chi connectivity index (χ0) is 13.7. The second kappa shape index (κ2) is 6.68. The number of amides is 1. The van der Waals surface area contributed by atoms with Crippen molar-refractivity contribution in [2.75, 3.05) is 27.2 Å². The Balaban J connectivity index is 1.78. The van der Waals surface area contributed by atoms with Crippen LogP contribution in [0.2, 0.25) is 0 Å². The van der Waals surface area contributed by atoms with Crippen LogP contribution in [0.15, 0.2) is 24.3 Å². The van der Waals surface area contributed by atoms with Crippen molar-refractivity contribution < 1.29 is 4.79 Å². The molecule has 1 amide bonds.